The number of amides is 1. The van der Waals surface area contributed by atoms with E-state index in [1.165, 1.54) is 0 Å². The molecule has 1 amide bonds. The van der Waals surface area contributed by atoms with Crippen LogP contribution in [-0.2, 0) is 4.79 Å². The van der Waals surface area contributed by atoms with Crippen LogP contribution in [0, 0.1) is 0 Å². The summed E-state index contributed by atoms with van der Waals surface area (Å²) in [7, 11) is 0. The molecule has 1 saturated heterocycles. The van der Waals surface area contributed by atoms with Crippen LogP contribution in [0.2, 0.25) is 0 Å². The first kappa shape index (κ1) is 21.0. The summed E-state index contributed by atoms with van der Waals surface area (Å²) in [5, 5.41) is 6.30. The Hall–Kier alpha value is -0.290. The van der Waals surface area contributed by atoms with E-state index in [1.54, 1.807) is 0 Å². The molecule has 2 N–H and O–H groups in total. The van der Waals surface area contributed by atoms with E-state index in [1.807, 2.05) is 6.08 Å². The van der Waals surface area contributed by atoms with Crippen molar-refractivity contribution in [2.75, 3.05) is 39.3 Å². The lowest BCUT2D eigenvalue weighted by atomic mass is 10.2. The van der Waals surface area contributed by atoms with Gasteiger partial charge in [-0.3, -0.25) is 4.79 Å². The Morgan fingerprint density at radius 2 is 1.95 bits per heavy atom. The van der Waals surface area contributed by atoms with Gasteiger partial charge in [-0.15, -0.1) is 31.4 Å². The Bertz CT molecular complexity index is 234. The average Bonchev–Trinajstić information content (AvgIpc) is 2.36. The SMILES string of the molecule is C=CCCCC(=O)NCCCN1CCNCC1.Cl.Cl. The fourth-order valence-corrected chi connectivity index (χ4v) is 1.96. The van der Waals surface area contributed by atoms with Crippen molar-refractivity contribution >= 4 is 30.7 Å². The van der Waals surface area contributed by atoms with E-state index in [4.69, 9.17) is 0 Å². The third kappa shape index (κ3) is 11.3. The third-order valence-corrected chi connectivity index (χ3v) is 2.99. The highest BCUT2D eigenvalue weighted by atomic mass is 35.5. The highest BCUT2D eigenvalue weighted by molar-refractivity contribution is 5.85. The zero-order valence-corrected chi connectivity index (χ0v) is 13.2. The van der Waals surface area contributed by atoms with Gasteiger partial charge in [-0.25, -0.2) is 0 Å². The monoisotopic (exact) mass is 311 g/mol. The molecule has 0 unspecified atom stereocenters. The fourth-order valence-electron chi connectivity index (χ4n) is 1.96. The number of nitrogens with one attached hydrogen (secondary N) is 2. The molecule has 0 atom stereocenters. The zero-order chi connectivity index (χ0) is 12.3. The highest BCUT2D eigenvalue weighted by Crippen LogP contribution is 1.96. The standard InChI is InChI=1S/C13H25N3O.2ClH/c1-2-3-4-6-13(17)15-7-5-10-16-11-8-14-9-12-16;;/h2,14H,1,3-12H2,(H,15,17);2*1H. The predicted octanol–water partition coefficient (Wildman–Crippen LogP) is 1.60. The van der Waals surface area contributed by atoms with Crippen molar-refractivity contribution in [3.05, 3.63) is 12.7 Å². The van der Waals surface area contributed by atoms with Crippen LogP contribution in [-0.4, -0.2) is 50.1 Å². The normalized spacial score (nSPS) is 14.9. The Balaban J connectivity index is 0. The minimum Gasteiger partial charge on any atom is -0.356 e. The topological polar surface area (TPSA) is 44.4 Å². The molecule has 0 saturated carbocycles. The lowest BCUT2D eigenvalue weighted by Gasteiger charge is -2.27. The first-order valence-corrected chi connectivity index (χ1v) is 6.63. The minimum atomic E-state index is 0. The van der Waals surface area contributed by atoms with Gasteiger partial charge in [-0.1, -0.05) is 6.08 Å². The molecule has 1 heterocycles. The van der Waals surface area contributed by atoms with Gasteiger partial charge in [0, 0.05) is 39.1 Å². The number of carbonyl (C=O) groups excluding carboxylic acids is 1. The van der Waals surface area contributed by atoms with Gasteiger partial charge in [0.2, 0.25) is 5.91 Å². The number of nitrogens with zero attached hydrogens (tertiary/aromatic N) is 1. The molecule has 4 nitrogen and oxygen atoms in total. The molecule has 0 aromatic carbocycles. The van der Waals surface area contributed by atoms with Crippen LogP contribution in [0.4, 0.5) is 0 Å². The van der Waals surface area contributed by atoms with E-state index in [9.17, 15) is 4.79 Å². The van der Waals surface area contributed by atoms with Crippen molar-refractivity contribution in [1.82, 2.24) is 15.5 Å². The van der Waals surface area contributed by atoms with Crippen LogP contribution in [0.25, 0.3) is 0 Å². The van der Waals surface area contributed by atoms with Crippen LogP contribution < -0.4 is 10.6 Å². The summed E-state index contributed by atoms with van der Waals surface area (Å²) in [4.78, 5) is 13.8. The van der Waals surface area contributed by atoms with E-state index in [-0.39, 0.29) is 30.7 Å². The van der Waals surface area contributed by atoms with Crippen molar-refractivity contribution in [3.63, 3.8) is 0 Å². The smallest absolute Gasteiger partial charge is 0.220 e. The molecule has 114 valence electrons. The summed E-state index contributed by atoms with van der Waals surface area (Å²) in [6.45, 7) is 9.98. The van der Waals surface area contributed by atoms with Gasteiger partial charge in [-0.05, 0) is 25.8 Å². The number of rotatable bonds is 8. The molecule has 0 radical (unpaired) electrons. The van der Waals surface area contributed by atoms with Gasteiger partial charge in [-0.2, -0.15) is 0 Å². The molecule has 1 aliphatic rings. The van der Waals surface area contributed by atoms with Crippen molar-refractivity contribution < 1.29 is 4.79 Å². The second-order valence-electron chi connectivity index (χ2n) is 4.48. The highest BCUT2D eigenvalue weighted by Gasteiger charge is 2.08. The van der Waals surface area contributed by atoms with E-state index >= 15 is 0 Å². The molecule has 1 rings (SSSR count). The molecule has 0 aromatic rings. The molecule has 0 aliphatic carbocycles. The van der Waals surface area contributed by atoms with E-state index in [0.717, 1.165) is 58.5 Å². The number of halogens is 2. The van der Waals surface area contributed by atoms with Gasteiger partial charge < -0.3 is 15.5 Å². The number of carbonyl (C=O) groups is 1. The summed E-state index contributed by atoms with van der Waals surface area (Å²) < 4.78 is 0. The maximum Gasteiger partial charge on any atom is 0.220 e. The summed E-state index contributed by atoms with van der Waals surface area (Å²) in [5.41, 5.74) is 0. The first-order valence-electron chi connectivity index (χ1n) is 6.63. The summed E-state index contributed by atoms with van der Waals surface area (Å²) >= 11 is 0. The zero-order valence-electron chi connectivity index (χ0n) is 11.5. The predicted molar refractivity (Wildman–Crippen MR) is 85.5 cm³/mol. The lowest BCUT2D eigenvalue weighted by Crippen LogP contribution is -2.44. The van der Waals surface area contributed by atoms with E-state index < -0.39 is 0 Å². The largest absolute Gasteiger partial charge is 0.356 e. The molecular formula is C13H27Cl2N3O. The Morgan fingerprint density at radius 3 is 2.58 bits per heavy atom. The number of hydrogen-bond acceptors (Lipinski definition) is 3. The molecule has 0 aromatic heterocycles. The van der Waals surface area contributed by atoms with Crippen LogP contribution in [0.15, 0.2) is 12.7 Å². The molecule has 1 aliphatic heterocycles. The van der Waals surface area contributed by atoms with Gasteiger partial charge >= 0.3 is 0 Å². The molecular weight excluding hydrogens is 285 g/mol. The van der Waals surface area contributed by atoms with E-state index in [0.29, 0.717) is 6.42 Å². The lowest BCUT2D eigenvalue weighted by molar-refractivity contribution is -0.121. The molecule has 1 fully saturated rings. The maximum absolute atomic E-state index is 11.4. The summed E-state index contributed by atoms with van der Waals surface area (Å²) in [6.07, 6.45) is 5.37. The second-order valence-corrected chi connectivity index (χ2v) is 4.48. The number of piperazine rings is 1. The van der Waals surface area contributed by atoms with Crippen molar-refractivity contribution in [3.8, 4) is 0 Å². The van der Waals surface area contributed by atoms with Gasteiger partial charge in [0.05, 0.1) is 0 Å². The van der Waals surface area contributed by atoms with Gasteiger partial charge in [0.15, 0.2) is 0 Å². The van der Waals surface area contributed by atoms with Crippen molar-refractivity contribution in [2.45, 2.75) is 25.7 Å². The third-order valence-electron chi connectivity index (χ3n) is 2.99. The fraction of sp³-hybridized carbons (Fsp3) is 0.769. The average molecular weight is 312 g/mol. The number of hydrogen-bond donors (Lipinski definition) is 2. The number of unbranched alkanes of at least 4 members (excludes halogenated alkanes) is 1. The number of allylic oxidation sites excluding steroid dienone is 1. The molecule has 6 heteroatoms. The molecule has 19 heavy (non-hydrogen) atoms. The van der Waals surface area contributed by atoms with Crippen LogP contribution in [0.3, 0.4) is 0 Å². The van der Waals surface area contributed by atoms with Crippen LogP contribution in [0.1, 0.15) is 25.7 Å². The van der Waals surface area contributed by atoms with Crippen molar-refractivity contribution in [1.29, 1.82) is 0 Å². The Morgan fingerprint density at radius 1 is 1.26 bits per heavy atom. The van der Waals surface area contributed by atoms with E-state index in [2.05, 4.69) is 22.1 Å². The summed E-state index contributed by atoms with van der Waals surface area (Å²) in [6, 6.07) is 0. The minimum absolute atomic E-state index is 0. The van der Waals surface area contributed by atoms with Crippen LogP contribution in [0.5, 0.6) is 0 Å². The second kappa shape index (κ2) is 14.1. The first-order chi connectivity index (χ1) is 8.33. The van der Waals surface area contributed by atoms with Crippen molar-refractivity contribution in [2.24, 2.45) is 0 Å². The van der Waals surface area contributed by atoms with Gasteiger partial charge in [0.25, 0.3) is 0 Å². The molecule has 0 bridgehead atoms. The maximum atomic E-state index is 11.4. The van der Waals surface area contributed by atoms with Crippen LogP contribution >= 0.6 is 24.8 Å². The molecule has 0 spiro atoms. The Kier molecular flexibility index (Phi) is 15.6. The van der Waals surface area contributed by atoms with Gasteiger partial charge in [0.1, 0.15) is 0 Å². The quantitative estimate of drug-likeness (QED) is 0.528. The summed E-state index contributed by atoms with van der Waals surface area (Å²) in [5.74, 6) is 0.173. The Labute approximate surface area is 129 Å².